The Morgan fingerprint density at radius 1 is 1.24 bits per heavy atom. The number of hydrogen-bond donors (Lipinski definition) is 1. The number of nitrogens with zero attached hydrogens (tertiary/aromatic N) is 2. The van der Waals surface area contributed by atoms with E-state index in [1.807, 2.05) is 23.7 Å². The van der Waals surface area contributed by atoms with Gasteiger partial charge in [-0.25, -0.2) is 4.98 Å². The van der Waals surface area contributed by atoms with E-state index in [9.17, 15) is 4.79 Å². The quantitative estimate of drug-likeness (QED) is 0.673. The van der Waals surface area contributed by atoms with Crippen molar-refractivity contribution in [1.29, 1.82) is 0 Å². The topological polar surface area (TPSA) is 72.9 Å². The average Bonchev–Trinajstić information content (AvgIpc) is 3.30. The van der Waals surface area contributed by atoms with Gasteiger partial charge in [0, 0.05) is 55.3 Å². The van der Waals surface area contributed by atoms with Crippen LogP contribution < -0.4 is 24.4 Å². The molecule has 8 heteroatoms. The standard InChI is InChI=1S/C21H29N3O4S/c1-26-16-11-18(27-2)17(19(12-16)28-3)6-7-20(25)23-13-15-5-4-9-24(14-15)21-22-8-10-29-21/h8,10-12,15H,4-7,9,13-14H2,1-3H3,(H,23,25). The first kappa shape index (κ1) is 21.2. The number of amides is 1. The highest BCUT2D eigenvalue weighted by molar-refractivity contribution is 7.13. The molecule has 3 rings (SSSR count). The molecule has 1 aromatic heterocycles. The van der Waals surface area contributed by atoms with Gasteiger partial charge in [0.2, 0.25) is 5.91 Å². The zero-order valence-corrected chi connectivity index (χ0v) is 18.1. The monoisotopic (exact) mass is 419 g/mol. The lowest BCUT2D eigenvalue weighted by Crippen LogP contribution is -2.41. The fourth-order valence-electron chi connectivity index (χ4n) is 3.69. The highest BCUT2D eigenvalue weighted by Crippen LogP contribution is 2.34. The third-order valence-corrected chi connectivity index (χ3v) is 6.05. The fraction of sp³-hybridized carbons (Fsp3) is 0.524. The van der Waals surface area contributed by atoms with Crippen molar-refractivity contribution in [2.75, 3.05) is 45.9 Å². The first-order chi connectivity index (χ1) is 14.1. The summed E-state index contributed by atoms with van der Waals surface area (Å²) >= 11 is 1.67. The molecule has 0 radical (unpaired) electrons. The molecule has 29 heavy (non-hydrogen) atoms. The van der Waals surface area contributed by atoms with Crippen LogP contribution in [0.5, 0.6) is 17.2 Å². The van der Waals surface area contributed by atoms with Crippen molar-refractivity contribution < 1.29 is 19.0 Å². The SMILES string of the molecule is COc1cc(OC)c(CCC(=O)NCC2CCCN(c3nccs3)C2)c(OC)c1. The molecule has 1 aromatic carbocycles. The van der Waals surface area contributed by atoms with Crippen LogP contribution in [0.25, 0.3) is 0 Å². The number of nitrogens with one attached hydrogen (secondary N) is 1. The number of thiazole rings is 1. The molecule has 158 valence electrons. The van der Waals surface area contributed by atoms with Gasteiger partial charge in [-0.05, 0) is 25.2 Å². The van der Waals surface area contributed by atoms with Gasteiger partial charge in [-0.1, -0.05) is 0 Å². The number of carbonyl (C=O) groups excluding carboxylic acids is 1. The number of ether oxygens (including phenoxy) is 3. The second kappa shape index (κ2) is 10.3. The Morgan fingerprint density at radius 3 is 2.62 bits per heavy atom. The van der Waals surface area contributed by atoms with Gasteiger partial charge in [-0.2, -0.15) is 0 Å². The normalized spacial score (nSPS) is 16.4. The van der Waals surface area contributed by atoms with E-state index in [-0.39, 0.29) is 5.91 Å². The number of hydrogen-bond acceptors (Lipinski definition) is 7. The number of piperidine rings is 1. The van der Waals surface area contributed by atoms with E-state index in [1.165, 1.54) is 0 Å². The maximum absolute atomic E-state index is 12.5. The maximum Gasteiger partial charge on any atom is 0.220 e. The van der Waals surface area contributed by atoms with Crippen molar-refractivity contribution in [3.05, 3.63) is 29.3 Å². The smallest absolute Gasteiger partial charge is 0.220 e. The van der Waals surface area contributed by atoms with Crippen molar-refractivity contribution in [3.8, 4) is 17.2 Å². The van der Waals surface area contributed by atoms with Crippen molar-refractivity contribution in [2.45, 2.75) is 25.7 Å². The molecule has 1 unspecified atom stereocenters. The third kappa shape index (κ3) is 5.53. The Bertz CT molecular complexity index is 772. The second-order valence-electron chi connectivity index (χ2n) is 7.08. The van der Waals surface area contributed by atoms with Crippen LogP contribution in [-0.2, 0) is 11.2 Å². The molecule has 0 saturated carbocycles. The Labute approximate surface area is 176 Å². The Balaban J connectivity index is 1.51. The highest BCUT2D eigenvalue weighted by Gasteiger charge is 2.22. The van der Waals surface area contributed by atoms with Crippen molar-refractivity contribution in [3.63, 3.8) is 0 Å². The minimum absolute atomic E-state index is 0.0382. The summed E-state index contributed by atoms with van der Waals surface area (Å²) in [7, 11) is 4.81. The van der Waals surface area contributed by atoms with E-state index in [0.717, 1.165) is 36.6 Å². The summed E-state index contributed by atoms with van der Waals surface area (Å²) in [6.07, 6.45) is 5.01. The highest BCUT2D eigenvalue weighted by atomic mass is 32.1. The predicted octanol–water partition coefficient (Wildman–Crippen LogP) is 3.13. The summed E-state index contributed by atoms with van der Waals surface area (Å²) < 4.78 is 16.2. The van der Waals surface area contributed by atoms with Crippen molar-refractivity contribution in [1.82, 2.24) is 10.3 Å². The van der Waals surface area contributed by atoms with Crippen LogP contribution in [0.4, 0.5) is 5.13 Å². The maximum atomic E-state index is 12.5. The molecule has 1 fully saturated rings. The van der Waals surface area contributed by atoms with Gasteiger partial charge in [0.05, 0.1) is 21.3 Å². The molecule has 1 amide bonds. The van der Waals surface area contributed by atoms with Crippen molar-refractivity contribution >= 4 is 22.4 Å². The Morgan fingerprint density at radius 2 is 2.00 bits per heavy atom. The molecule has 2 heterocycles. The van der Waals surface area contributed by atoms with E-state index in [1.54, 1.807) is 32.7 Å². The summed E-state index contributed by atoms with van der Waals surface area (Å²) in [4.78, 5) is 19.2. The molecular weight excluding hydrogens is 390 g/mol. The van der Waals surface area contributed by atoms with Crippen LogP contribution in [0.1, 0.15) is 24.8 Å². The van der Waals surface area contributed by atoms with Gasteiger partial charge in [-0.15, -0.1) is 11.3 Å². The molecule has 7 nitrogen and oxygen atoms in total. The lowest BCUT2D eigenvalue weighted by molar-refractivity contribution is -0.121. The lowest BCUT2D eigenvalue weighted by atomic mass is 9.98. The molecule has 1 N–H and O–H groups in total. The Hall–Kier alpha value is -2.48. The van der Waals surface area contributed by atoms with Crippen molar-refractivity contribution in [2.24, 2.45) is 5.92 Å². The van der Waals surface area contributed by atoms with Gasteiger partial charge >= 0.3 is 0 Å². The number of anilines is 1. The molecule has 0 aliphatic carbocycles. The van der Waals surface area contributed by atoms with Crippen LogP contribution in [-0.4, -0.2) is 51.9 Å². The van der Waals surface area contributed by atoms with Crippen LogP contribution in [0.3, 0.4) is 0 Å². The van der Waals surface area contributed by atoms with Crippen LogP contribution >= 0.6 is 11.3 Å². The van der Waals surface area contributed by atoms with E-state index < -0.39 is 0 Å². The average molecular weight is 420 g/mol. The predicted molar refractivity (Wildman–Crippen MR) is 114 cm³/mol. The number of benzene rings is 1. The first-order valence-electron chi connectivity index (χ1n) is 9.84. The summed E-state index contributed by atoms with van der Waals surface area (Å²) in [5.74, 6) is 2.48. The van der Waals surface area contributed by atoms with Gasteiger partial charge in [0.1, 0.15) is 17.2 Å². The van der Waals surface area contributed by atoms with E-state index in [0.29, 0.717) is 42.6 Å². The number of aromatic nitrogens is 1. The van der Waals surface area contributed by atoms with E-state index >= 15 is 0 Å². The summed E-state index contributed by atoms with van der Waals surface area (Å²) in [5.41, 5.74) is 0.874. The van der Waals surface area contributed by atoms with Gasteiger partial charge in [0.15, 0.2) is 5.13 Å². The number of rotatable bonds is 9. The number of methoxy groups -OCH3 is 3. The fourth-order valence-corrected chi connectivity index (χ4v) is 4.37. The van der Waals surface area contributed by atoms with E-state index in [2.05, 4.69) is 15.2 Å². The van der Waals surface area contributed by atoms with Crippen LogP contribution in [0, 0.1) is 5.92 Å². The number of carbonyl (C=O) groups is 1. The third-order valence-electron chi connectivity index (χ3n) is 5.22. The Kier molecular flexibility index (Phi) is 7.57. The summed E-state index contributed by atoms with van der Waals surface area (Å²) in [5, 5.41) is 6.17. The first-order valence-corrected chi connectivity index (χ1v) is 10.7. The van der Waals surface area contributed by atoms with Crippen LogP contribution in [0.15, 0.2) is 23.7 Å². The molecule has 2 aromatic rings. The molecule has 1 atom stereocenters. The molecule has 0 spiro atoms. The zero-order chi connectivity index (χ0) is 20.6. The minimum atomic E-state index is 0.0382. The van der Waals surface area contributed by atoms with Crippen LogP contribution in [0.2, 0.25) is 0 Å². The second-order valence-corrected chi connectivity index (χ2v) is 7.96. The van der Waals surface area contributed by atoms with E-state index in [4.69, 9.17) is 14.2 Å². The summed E-state index contributed by atoms with van der Waals surface area (Å²) in [6, 6.07) is 3.62. The molecule has 1 saturated heterocycles. The molecular formula is C21H29N3O4S. The van der Waals surface area contributed by atoms with Gasteiger partial charge in [-0.3, -0.25) is 4.79 Å². The molecule has 0 bridgehead atoms. The van der Waals surface area contributed by atoms with Gasteiger partial charge in [0.25, 0.3) is 0 Å². The lowest BCUT2D eigenvalue weighted by Gasteiger charge is -2.32. The zero-order valence-electron chi connectivity index (χ0n) is 17.3. The largest absolute Gasteiger partial charge is 0.496 e. The van der Waals surface area contributed by atoms with Gasteiger partial charge < -0.3 is 24.4 Å². The summed E-state index contributed by atoms with van der Waals surface area (Å²) in [6.45, 7) is 2.67. The molecule has 1 aliphatic rings. The minimum Gasteiger partial charge on any atom is -0.496 e. The molecule has 1 aliphatic heterocycles.